The summed E-state index contributed by atoms with van der Waals surface area (Å²) in [6.45, 7) is 12.4. The SMILES string of the molecule is CC[C@@H](C)NC(=O)[C@@H](C)N(Cc1c(Cl)cccc1Cl)C(=O)CCc1ccc(C(C)(C)C)cc1. The van der Waals surface area contributed by atoms with Gasteiger partial charge in [-0.1, -0.05) is 81.2 Å². The molecule has 0 aromatic heterocycles. The van der Waals surface area contributed by atoms with Crippen molar-refractivity contribution < 1.29 is 9.59 Å². The Balaban J connectivity index is 2.20. The summed E-state index contributed by atoms with van der Waals surface area (Å²) in [4.78, 5) is 27.8. The highest BCUT2D eigenvalue weighted by Crippen LogP contribution is 2.27. The van der Waals surface area contributed by atoms with E-state index in [1.165, 1.54) is 5.56 Å². The highest BCUT2D eigenvalue weighted by atomic mass is 35.5. The first-order valence-electron chi connectivity index (χ1n) is 11.6. The van der Waals surface area contributed by atoms with Gasteiger partial charge in [0.1, 0.15) is 6.04 Å². The van der Waals surface area contributed by atoms with Crippen LogP contribution in [0.15, 0.2) is 42.5 Å². The lowest BCUT2D eigenvalue weighted by molar-refractivity contribution is -0.140. The molecule has 4 nitrogen and oxygen atoms in total. The molecule has 180 valence electrons. The molecule has 0 fully saturated rings. The van der Waals surface area contributed by atoms with Gasteiger partial charge in [-0.15, -0.1) is 0 Å². The molecule has 0 bridgehead atoms. The van der Waals surface area contributed by atoms with E-state index in [1.54, 1.807) is 30.0 Å². The summed E-state index contributed by atoms with van der Waals surface area (Å²) in [5, 5.41) is 3.93. The molecule has 2 aromatic rings. The minimum Gasteiger partial charge on any atom is -0.352 e. The zero-order valence-electron chi connectivity index (χ0n) is 20.5. The fraction of sp³-hybridized carbons (Fsp3) is 0.481. The third-order valence-corrected chi connectivity index (χ3v) is 6.71. The van der Waals surface area contributed by atoms with Gasteiger partial charge in [0.15, 0.2) is 0 Å². The average molecular weight is 492 g/mol. The second-order valence-corrected chi connectivity index (χ2v) is 10.5. The van der Waals surface area contributed by atoms with E-state index in [9.17, 15) is 9.59 Å². The minimum atomic E-state index is -0.651. The van der Waals surface area contributed by atoms with Gasteiger partial charge < -0.3 is 10.2 Å². The van der Waals surface area contributed by atoms with Crippen LogP contribution in [0.1, 0.15) is 71.1 Å². The molecule has 0 aliphatic heterocycles. The van der Waals surface area contributed by atoms with Crippen LogP contribution in [0, 0.1) is 0 Å². The lowest BCUT2D eigenvalue weighted by Gasteiger charge is -2.30. The number of carbonyl (C=O) groups is 2. The molecule has 2 rings (SSSR count). The van der Waals surface area contributed by atoms with E-state index in [-0.39, 0.29) is 36.2 Å². The third kappa shape index (κ3) is 7.75. The maximum absolute atomic E-state index is 13.3. The quantitative estimate of drug-likeness (QED) is 0.432. The van der Waals surface area contributed by atoms with Gasteiger partial charge in [-0.2, -0.15) is 0 Å². The Morgan fingerprint density at radius 3 is 2.09 bits per heavy atom. The summed E-state index contributed by atoms with van der Waals surface area (Å²) in [6.07, 6.45) is 1.70. The van der Waals surface area contributed by atoms with Crippen molar-refractivity contribution in [2.24, 2.45) is 0 Å². The summed E-state index contributed by atoms with van der Waals surface area (Å²) in [5.74, 6) is -0.298. The highest BCUT2D eigenvalue weighted by molar-refractivity contribution is 6.36. The lowest BCUT2D eigenvalue weighted by atomic mass is 9.86. The van der Waals surface area contributed by atoms with Crippen LogP contribution in [0.3, 0.4) is 0 Å². The second-order valence-electron chi connectivity index (χ2n) is 9.66. The molecule has 0 saturated carbocycles. The number of nitrogens with one attached hydrogen (secondary N) is 1. The number of benzene rings is 2. The molecule has 6 heteroatoms. The van der Waals surface area contributed by atoms with E-state index in [1.807, 2.05) is 13.8 Å². The number of aryl methyl sites for hydroxylation is 1. The van der Waals surface area contributed by atoms with E-state index < -0.39 is 6.04 Å². The van der Waals surface area contributed by atoms with E-state index in [4.69, 9.17) is 23.2 Å². The van der Waals surface area contributed by atoms with Gasteiger partial charge in [-0.3, -0.25) is 9.59 Å². The van der Waals surface area contributed by atoms with Crippen molar-refractivity contribution in [1.82, 2.24) is 10.2 Å². The number of amides is 2. The Morgan fingerprint density at radius 2 is 1.58 bits per heavy atom. The Hall–Kier alpha value is -2.04. The Morgan fingerprint density at radius 1 is 1.00 bits per heavy atom. The average Bonchev–Trinajstić information content (AvgIpc) is 2.76. The molecule has 0 aliphatic rings. The minimum absolute atomic E-state index is 0.0298. The van der Waals surface area contributed by atoms with Crippen LogP contribution in [-0.4, -0.2) is 28.8 Å². The maximum Gasteiger partial charge on any atom is 0.242 e. The molecule has 2 amide bonds. The van der Waals surface area contributed by atoms with Crippen molar-refractivity contribution in [3.8, 4) is 0 Å². The van der Waals surface area contributed by atoms with E-state index in [0.717, 1.165) is 12.0 Å². The van der Waals surface area contributed by atoms with Crippen molar-refractivity contribution in [3.63, 3.8) is 0 Å². The number of hydrogen-bond acceptors (Lipinski definition) is 2. The Bertz CT molecular complexity index is 931. The smallest absolute Gasteiger partial charge is 0.242 e. The summed E-state index contributed by atoms with van der Waals surface area (Å²) in [5.41, 5.74) is 3.07. The van der Waals surface area contributed by atoms with Gasteiger partial charge in [0, 0.05) is 34.6 Å². The molecule has 0 spiro atoms. The van der Waals surface area contributed by atoms with Gasteiger partial charge in [0.2, 0.25) is 11.8 Å². The largest absolute Gasteiger partial charge is 0.352 e. The molecule has 1 N–H and O–H groups in total. The van der Waals surface area contributed by atoms with Gasteiger partial charge in [0.05, 0.1) is 0 Å². The van der Waals surface area contributed by atoms with E-state index >= 15 is 0 Å². The number of carbonyl (C=O) groups excluding carboxylic acids is 2. The van der Waals surface area contributed by atoms with Gasteiger partial charge in [-0.25, -0.2) is 0 Å². The molecular formula is C27H36Cl2N2O2. The molecule has 0 saturated heterocycles. The zero-order valence-corrected chi connectivity index (χ0v) is 22.1. The monoisotopic (exact) mass is 490 g/mol. The van der Waals surface area contributed by atoms with Crippen LogP contribution in [0.4, 0.5) is 0 Å². The maximum atomic E-state index is 13.3. The zero-order chi connectivity index (χ0) is 24.8. The van der Waals surface area contributed by atoms with E-state index in [0.29, 0.717) is 22.0 Å². The third-order valence-electron chi connectivity index (χ3n) is 6.01. The number of rotatable bonds is 9. The molecule has 0 heterocycles. The number of nitrogens with zero attached hydrogens (tertiary/aromatic N) is 1. The second kappa shape index (κ2) is 11.9. The molecular weight excluding hydrogens is 455 g/mol. The molecule has 2 atom stereocenters. The lowest BCUT2D eigenvalue weighted by Crippen LogP contribution is -2.49. The standard InChI is InChI=1S/C27H36Cl2N2O2/c1-7-18(2)30-26(33)19(3)31(17-22-23(28)9-8-10-24(22)29)25(32)16-13-20-11-14-21(15-12-20)27(4,5)6/h8-12,14-15,18-19H,7,13,16-17H2,1-6H3,(H,30,33)/t18-,19-/m1/s1. The Kier molecular flexibility index (Phi) is 9.81. The van der Waals surface area contributed by atoms with Gasteiger partial charge >= 0.3 is 0 Å². The highest BCUT2D eigenvalue weighted by Gasteiger charge is 2.28. The number of hydrogen-bond donors (Lipinski definition) is 1. The summed E-state index contributed by atoms with van der Waals surface area (Å²) < 4.78 is 0. The summed E-state index contributed by atoms with van der Waals surface area (Å²) >= 11 is 12.7. The number of halogens is 2. The normalized spacial score (nSPS) is 13.3. The first kappa shape index (κ1) is 27.2. The summed E-state index contributed by atoms with van der Waals surface area (Å²) in [6, 6.07) is 13.0. The first-order valence-corrected chi connectivity index (χ1v) is 12.3. The molecule has 2 aromatic carbocycles. The Labute approximate surface area is 208 Å². The first-order chi connectivity index (χ1) is 15.4. The molecule has 0 radical (unpaired) electrons. The van der Waals surface area contributed by atoms with Gasteiger partial charge in [-0.05, 0) is 55.4 Å². The van der Waals surface area contributed by atoms with Crippen molar-refractivity contribution in [2.75, 3.05) is 0 Å². The van der Waals surface area contributed by atoms with Crippen molar-refractivity contribution in [1.29, 1.82) is 0 Å². The molecule has 0 unspecified atom stereocenters. The predicted octanol–water partition coefficient (Wildman–Crippen LogP) is 6.56. The summed E-state index contributed by atoms with van der Waals surface area (Å²) in [7, 11) is 0. The molecule has 33 heavy (non-hydrogen) atoms. The topological polar surface area (TPSA) is 49.4 Å². The van der Waals surface area contributed by atoms with Gasteiger partial charge in [0.25, 0.3) is 0 Å². The van der Waals surface area contributed by atoms with Crippen molar-refractivity contribution >= 4 is 35.0 Å². The fourth-order valence-corrected chi connectivity index (χ4v) is 3.99. The fourth-order valence-electron chi connectivity index (χ4n) is 3.47. The molecule has 0 aliphatic carbocycles. The van der Waals surface area contributed by atoms with Crippen molar-refractivity contribution in [3.05, 3.63) is 69.2 Å². The van der Waals surface area contributed by atoms with Crippen LogP contribution in [0.2, 0.25) is 10.0 Å². The van der Waals surface area contributed by atoms with Crippen LogP contribution < -0.4 is 5.32 Å². The van der Waals surface area contributed by atoms with Crippen LogP contribution >= 0.6 is 23.2 Å². The van der Waals surface area contributed by atoms with Crippen LogP contribution in [-0.2, 0) is 28.0 Å². The van der Waals surface area contributed by atoms with E-state index in [2.05, 4.69) is 50.4 Å². The van der Waals surface area contributed by atoms with Crippen LogP contribution in [0.5, 0.6) is 0 Å². The van der Waals surface area contributed by atoms with Crippen LogP contribution in [0.25, 0.3) is 0 Å². The predicted molar refractivity (Wildman–Crippen MR) is 138 cm³/mol. The van der Waals surface area contributed by atoms with Crippen molar-refractivity contribution in [2.45, 2.75) is 84.8 Å².